The van der Waals surface area contributed by atoms with Crippen LogP contribution in [0.4, 0.5) is 5.82 Å². The molecule has 0 unspecified atom stereocenters. The molecule has 4 heterocycles. The summed E-state index contributed by atoms with van der Waals surface area (Å²) in [5.41, 5.74) is 7.61. The number of hydrogen-bond donors (Lipinski definition) is 4. The zero-order valence-corrected chi connectivity index (χ0v) is 14.2. The van der Waals surface area contributed by atoms with Gasteiger partial charge in [0.05, 0.1) is 17.7 Å². The van der Waals surface area contributed by atoms with E-state index in [4.69, 9.17) is 22.1 Å². The molecule has 4 atom stereocenters. The van der Waals surface area contributed by atoms with Gasteiger partial charge in [0.25, 0.3) is 0 Å². The molecule has 1 fully saturated rings. The van der Waals surface area contributed by atoms with Crippen LogP contribution in [0.25, 0.3) is 22.3 Å². The lowest BCUT2D eigenvalue weighted by Crippen LogP contribution is -2.33. The quantitative estimate of drug-likeness (QED) is 0.479. The number of aliphatic hydroxyl groups is 3. The van der Waals surface area contributed by atoms with Crippen molar-refractivity contribution in [2.75, 3.05) is 12.3 Å². The maximum atomic E-state index is 10.3. The molecule has 136 valence electrons. The van der Waals surface area contributed by atoms with Gasteiger partial charge in [0.15, 0.2) is 6.23 Å². The van der Waals surface area contributed by atoms with Crippen LogP contribution in [-0.2, 0) is 4.74 Å². The van der Waals surface area contributed by atoms with E-state index in [-0.39, 0.29) is 5.82 Å². The summed E-state index contributed by atoms with van der Waals surface area (Å²) < 4.78 is 7.16. The van der Waals surface area contributed by atoms with E-state index >= 15 is 0 Å². The summed E-state index contributed by atoms with van der Waals surface area (Å²) in [6.45, 7) is -0.423. The fourth-order valence-electron chi connectivity index (χ4n) is 3.16. The zero-order chi connectivity index (χ0) is 18.4. The van der Waals surface area contributed by atoms with Crippen molar-refractivity contribution in [1.29, 1.82) is 0 Å². The number of nitrogens with two attached hydrogens (primary N) is 1. The minimum atomic E-state index is -1.25. The molecule has 10 heteroatoms. The number of ether oxygens (including phenoxy) is 1. The maximum absolute atomic E-state index is 10.3. The molecular formula is C16H16ClN5O4. The van der Waals surface area contributed by atoms with Gasteiger partial charge in [-0.2, -0.15) is 0 Å². The first-order chi connectivity index (χ1) is 12.5. The number of fused-ring (bicyclic) bond motifs is 1. The summed E-state index contributed by atoms with van der Waals surface area (Å²) in [5, 5.41) is 30.5. The Hall–Kier alpha value is -2.30. The van der Waals surface area contributed by atoms with E-state index in [1.165, 1.54) is 6.33 Å². The third-order valence-electron chi connectivity index (χ3n) is 4.42. The second kappa shape index (κ2) is 6.45. The smallest absolute Gasteiger partial charge is 0.164 e. The Balaban J connectivity index is 1.91. The molecule has 5 N–H and O–H groups in total. The van der Waals surface area contributed by atoms with Crippen LogP contribution in [0.15, 0.2) is 30.7 Å². The Morgan fingerprint density at radius 2 is 2.04 bits per heavy atom. The van der Waals surface area contributed by atoms with Gasteiger partial charge in [-0.05, 0) is 12.1 Å². The van der Waals surface area contributed by atoms with Gasteiger partial charge in [-0.15, -0.1) is 0 Å². The lowest BCUT2D eigenvalue weighted by Gasteiger charge is -2.17. The highest BCUT2D eigenvalue weighted by atomic mass is 35.5. The van der Waals surface area contributed by atoms with Crippen LogP contribution in [0, 0.1) is 0 Å². The second-order valence-corrected chi connectivity index (χ2v) is 6.37. The number of pyridine rings is 1. The van der Waals surface area contributed by atoms with Crippen molar-refractivity contribution in [3.63, 3.8) is 0 Å². The number of nitrogens with zero attached hydrogens (tertiary/aromatic N) is 4. The van der Waals surface area contributed by atoms with E-state index in [0.29, 0.717) is 27.4 Å². The summed E-state index contributed by atoms with van der Waals surface area (Å²) in [5.74, 6) is 0.234. The highest BCUT2D eigenvalue weighted by molar-refractivity contribution is 6.29. The van der Waals surface area contributed by atoms with E-state index in [1.54, 1.807) is 29.0 Å². The highest BCUT2D eigenvalue weighted by Gasteiger charge is 2.44. The third kappa shape index (κ3) is 2.61. The van der Waals surface area contributed by atoms with Crippen LogP contribution in [-0.4, -0.2) is 59.8 Å². The third-order valence-corrected chi connectivity index (χ3v) is 4.63. The molecule has 0 spiro atoms. The normalized spacial score (nSPS) is 25.8. The monoisotopic (exact) mass is 377 g/mol. The van der Waals surface area contributed by atoms with E-state index < -0.39 is 31.1 Å². The minimum absolute atomic E-state index is 0.234. The van der Waals surface area contributed by atoms with Crippen molar-refractivity contribution in [2.24, 2.45) is 0 Å². The molecule has 3 aromatic rings. The van der Waals surface area contributed by atoms with Crippen molar-refractivity contribution in [3.8, 4) is 11.3 Å². The van der Waals surface area contributed by atoms with Gasteiger partial charge in [-0.1, -0.05) is 17.7 Å². The Labute approximate surface area is 152 Å². The highest BCUT2D eigenvalue weighted by Crippen LogP contribution is 2.37. The molecule has 0 saturated carbocycles. The van der Waals surface area contributed by atoms with Gasteiger partial charge in [0, 0.05) is 11.8 Å². The van der Waals surface area contributed by atoms with Crippen LogP contribution in [0.3, 0.4) is 0 Å². The van der Waals surface area contributed by atoms with Crippen LogP contribution in [0.2, 0.25) is 5.15 Å². The van der Waals surface area contributed by atoms with Gasteiger partial charge in [0.1, 0.15) is 41.3 Å². The standard InChI is InChI=1S/C16H16ClN5O4/c17-10-3-1-2-8(21-10)7-4-22(15-11(7)14(18)19-6-20-15)16-13(25)12(24)9(5-23)26-16/h1-4,6,9,12-13,16,23-25H,5H2,(H2,18,19,20)/t9-,12-,13-,16-/m1/s1. The Morgan fingerprint density at radius 1 is 1.23 bits per heavy atom. The average Bonchev–Trinajstić information content (AvgIpc) is 3.15. The molecular weight excluding hydrogens is 362 g/mol. The predicted molar refractivity (Wildman–Crippen MR) is 93.2 cm³/mol. The summed E-state index contributed by atoms with van der Waals surface area (Å²) in [6.07, 6.45) is -1.38. The Kier molecular flexibility index (Phi) is 4.25. The number of aliphatic hydroxyl groups excluding tert-OH is 3. The molecule has 26 heavy (non-hydrogen) atoms. The topological polar surface area (TPSA) is 140 Å². The molecule has 1 aliphatic heterocycles. The summed E-state index contributed by atoms with van der Waals surface area (Å²) in [6, 6.07) is 5.16. The number of aromatic nitrogens is 4. The van der Waals surface area contributed by atoms with E-state index in [1.807, 2.05) is 0 Å². The minimum Gasteiger partial charge on any atom is -0.394 e. The molecule has 9 nitrogen and oxygen atoms in total. The molecule has 0 amide bonds. The molecule has 0 aromatic carbocycles. The lowest BCUT2D eigenvalue weighted by atomic mass is 10.1. The summed E-state index contributed by atoms with van der Waals surface area (Å²) in [4.78, 5) is 12.6. The van der Waals surface area contributed by atoms with Gasteiger partial charge < -0.3 is 30.4 Å². The van der Waals surface area contributed by atoms with E-state index in [9.17, 15) is 15.3 Å². The molecule has 0 bridgehead atoms. The van der Waals surface area contributed by atoms with Crippen LogP contribution >= 0.6 is 11.6 Å². The predicted octanol–water partition coefficient (Wildman–Crippen LogP) is 0.340. The fraction of sp³-hybridized carbons (Fsp3) is 0.312. The molecule has 0 aliphatic carbocycles. The first-order valence-corrected chi connectivity index (χ1v) is 8.25. The van der Waals surface area contributed by atoms with Gasteiger partial charge in [-0.3, -0.25) is 0 Å². The van der Waals surface area contributed by atoms with Crippen molar-refractivity contribution in [2.45, 2.75) is 24.5 Å². The lowest BCUT2D eigenvalue weighted by molar-refractivity contribution is -0.0508. The SMILES string of the molecule is Nc1ncnc2c1c(-c1cccc(Cl)n1)cn2[C@@H]1O[C@H](CO)[C@@H](O)[C@H]1O. The van der Waals surface area contributed by atoms with E-state index in [2.05, 4.69) is 15.0 Å². The molecule has 3 aromatic heterocycles. The van der Waals surface area contributed by atoms with E-state index in [0.717, 1.165) is 0 Å². The first-order valence-electron chi connectivity index (χ1n) is 7.87. The largest absolute Gasteiger partial charge is 0.394 e. The van der Waals surface area contributed by atoms with Crippen molar-refractivity contribution in [3.05, 3.63) is 35.9 Å². The van der Waals surface area contributed by atoms with Gasteiger partial charge >= 0.3 is 0 Å². The molecule has 1 saturated heterocycles. The van der Waals surface area contributed by atoms with Gasteiger partial charge in [-0.25, -0.2) is 15.0 Å². The summed E-state index contributed by atoms with van der Waals surface area (Å²) in [7, 11) is 0. The van der Waals surface area contributed by atoms with Crippen molar-refractivity contribution >= 4 is 28.5 Å². The van der Waals surface area contributed by atoms with Crippen LogP contribution < -0.4 is 5.73 Å². The number of halogens is 1. The van der Waals surface area contributed by atoms with Gasteiger partial charge in [0.2, 0.25) is 0 Å². The number of rotatable bonds is 3. The Bertz CT molecular complexity index is 965. The fourth-order valence-corrected chi connectivity index (χ4v) is 3.33. The molecule has 4 rings (SSSR count). The van der Waals surface area contributed by atoms with Crippen molar-refractivity contribution < 1.29 is 20.1 Å². The average molecular weight is 378 g/mol. The maximum Gasteiger partial charge on any atom is 0.164 e. The number of nitrogen functional groups attached to an aromatic ring is 1. The zero-order valence-electron chi connectivity index (χ0n) is 13.4. The van der Waals surface area contributed by atoms with Crippen LogP contribution in [0.5, 0.6) is 0 Å². The van der Waals surface area contributed by atoms with Crippen LogP contribution in [0.1, 0.15) is 6.23 Å². The number of anilines is 1. The van der Waals surface area contributed by atoms with Crippen molar-refractivity contribution in [1.82, 2.24) is 19.5 Å². The molecule has 1 aliphatic rings. The molecule has 0 radical (unpaired) electrons. The first kappa shape index (κ1) is 17.1. The second-order valence-electron chi connectivity index (χ2n) is 5.98. The number of hydrogen-bond acceptors (Lipinski definition) is 8. The summed E-state index contributed by atoms with van der Waals surface area (Å²) >= 11 is 5.99. The Morgan fingerprint density at radius 3 is 2.73 bits per heavy atom.